The summed E-state index contributed by atoms with van der Waals surface area (Å²) in [5.74, 6) is 1.55. The van der Waals surface area contributed by atoms with E-state index in [0.29, 0.717) is 19.1 Å². The van der Waals surface area contributed by atoms with E-state index in [1.807, 2.05) is 35.2 Å². The topological polar surface area (TPSA) is 41.6 Å². The summed E-state index contributed by atoms with van der Waals surface area (Å²) in [5.41, 5.74) is 2.30. The lowest BCUT2D eigenvalue weighted by molar-refractivity contribution is -0.140. The van der Waals surface area contributed by atoms with E-state index >= 15 is 0 Å². The quantitative estimate of drug-likeness (QED) is 0.943. The molecule has 2 aromatic rings. The zero-order chi connectivity index (χ0) is 16.4. The van der Waals surface area contributed by atoms with Gasteiger partial charge in [0.15, 0.2) is 0 Å². The normalized spacial score (nSPS) is 20.5. The van der Waals surface area contributed by atoms with E-state index < -0.39 is 0 Å². The van der Waals surface area contributed by atoms with Crippen LogP contribution in [0.2, 0.25) is 0 Å². The summed E-state index contributed by atoms with van der Waals surface area (Å²) in [6, 6.07) is 18.0. The molecule has 0 aliphatic carbocycles. The number of carbonyl (C=O) groups is 1. The van der Waals surface area contributed by atoms with Gasteiger partial charge in [0.05, 0.1) is 0 Å². The van der Waals surface area contributed by atoms with E-state index in [1.165, 1.54) is 5.56 Å². The highest BCUT2D eigenvalue weighted by atomic mass is 16.5. The van der Waals surface area contributed by atoms with Gasteiger partial charge in [-0.3, -0.25) is 10.1 Å². The molecule has 1 fully saturated rings. The summed E-state index contributed by atoms with van der Waals surface area (Å²) in [6.07, 6.45) is 1.04. The van der Waals surface area contributed by atoms with Crippen molar-refractivity contribution in [2.45, 2.75) is 12.5 Å². The van der Waals surface area contributed by atoms with Gasteiger partial charge in [-0.2, -0.15) is 0 Å². The molecule has 1 N–H and O–H groups in total. The Bertz CT molecular complexity index is 711. The number of ether oxygens (including phenoxy) is 1. The molecule has 2 aliphatic rings. The smallest absolute Gasteiger partial charge is 0.244 e. The minimum absolute atomic E-state index is 0.164. The summed E-state index contributed by atoms with van der Waals surface area (Å²) < 4.78 is 5.73. The number of para-hydroxylation sites is 1. The van der Waals surface area contributed by atoms with E-state index in [-0.39, 0.29) is 11.9 Å². The lowest BCUT2D eigenvalue weighted by Crippen LogP contribution is -2.54. The third kappa shape index (κ3) is 3.02. The van der Waals surface area contributed by atoms with Crippen LogP contribution >= 0.6 is 0 Å². The maximum Gasteiger partial charge on any atom is 0.244 e. The van der Waals surface area contributed by atoms with Crippen molar-refractivity contribution in [2.75, 3.05) is 26.2 Å². The second-order valence-electron chi connectivity index (χ2n) is 6.57. The van der Waals surface area contributed by atoms with E-state index in [4.69, 9.17) is 4.74 Å². The van der Waals surface area contributed by atoms with Gasteiger partial charge >= 0.3 is 0 Å². The van der Waals surface area contributed by atoms with Crippen LogP contribution in [0.25, 0.3) is 0 Å². The van der Waals surface area contributed by atoms with Crippen molar-refractivity contribution in [3.05, 3.63) is 65.7 Å². The number of rotatable bonds is 3. The van der Waals surface area contributed by atoms with Gasteiger partial charge in [0.1, 0.15) is 18.4 Å². The molecular formula is C20H22N2O2. The van der Waals surface area contributed by atoms with Gasteiger partial charge in [0.2, 0.25) is 5.91 Å². The predicted octanol–water partition coefficient (Wildman–Crippen LogP) is 2.41. The maximum atomic E-state index is 12.9. The molecule has 1 saturated heterocycles. The van der Waals surface area contributed by atoms with E-state index in [0.717, 1.165) is 30.8 Å². The number of hydrogen-bond acceptors (Lipinski definition) is 3. The van der Waals surface area contributed by atoms with Crippen LogP contribution in [-0.2, 0) is 11.2 Å². The summed E-state index contributed by atoms with van der Waals surface area (Å²) >= 11 is 0. The molecule has 24 heavy (non-hydrogen) atoms. The summed E-state index contributed by atoms with van der Waals surface area (Å²) in [4.78, 5) is 14.9. The van der Waals surface area contributed by atoms with Gasteiger partial charge < -0.3 is 9.64 Å². The van der Waals surface area contributed by atoms with Crippen LogP contribution in [0.5, 0.6) is 5.75 Å². The van der Waals surface area contributed by atoms with Crippen molar-refractivity contribution < 1.29 is 9.53 Å². The molecule has 0 radical (unpaired) electrons. The van der Waals surface area contributed by atoms with Gasteiger partial charge in [-0.1, -0.05) is 48.5 Å². The molecule has 4 rings (SSSR count). The van der Waals surface area contributed by atoms with Crippen molar-refractivity contribution in [2.24, 2.45) is 5.92 Å². The third-order valence-corrected chi connectivity index (χ3v) is 4.82. The Morgan fingerprint density at radius 1 is 1.08 bits per heavy atom. The molecule has 0 aromatic heterocycles. The van der Waals surface area contributed by atoms with Crippen LogP contribution in [0.4, 0.5) is 0 Å². The molecule has 2 heterocycles. The van der Waals surface area contributed by atoms with Crippen LogP contribution in [0.3, 0.4) is 0 Å². The number of hydrogen-bond donors (Lipinski definition) is 1. The lowest BCUT2D eigenvalue weighted by Gasteiger charge is -2.41. The van der Waals surface area contributed by atoms with Crippen molar-refractivity contribution in [1.29, 1.82) is 0 Å². The first-order chi connectivity index (χ1) is 11.8. The van der Waals surface area contributed by atoms with Crippen molar-refractivity contribution >= 4 is 5.91 Å². The fourth-order valence-electron chi connectivity index (χ4n) is 3.55. The summed E-state index contributed by atoms with van der Waals surface area (Å²) in [5, 5.41) is 3.33. The van der Waals surface area contributed by atoms with E-state index in [2.05, 4.69) is 29.6 Å². The monoisotopic (exact) mass is 322 g/mol. The Morgan fingerprint density at radius 3 is 2.67 bits per heavy atom. The zero-order valence-electron chi connectivity index (χ0n) is 13.7. The van der Waals surface area contributed by atoms with Gasteiger partial charge in [0, 0.05) is 25.2 Å². The molecule has 1 amide bonds. The highest BCUT2D eigenvalue weighted by molar-refractivity contribution is 5.85. The number of nitrogens with one attached hydrogen (secondary N) is 1. The van der Waals surface area contributed by atoms with Crippen LogP contribution in [-0.4, -0.2) is 37.0 Å². The van der Waals surface area contributed by atoms with E-state index in [9.17, 15) is 4.79 Å². The summed E-state index contributed by atoms with van der Waals surface area (Å²) in [7, 11) is 0. The van der Waals surface area contributed by atoms with Crippen LogP contribution in [0.1, 0.15) is 17.2 Å². The minimum atomic E-state index is -0.290. The lowest BCUT2D eigenvalue weighted by atomic mass is 9.91. The first-order valence-corrected chi connectivity index (χ1v) is 8.59. The molecule has 0 spiro atoms. The fourth-order valence-corrected chi connectivity index (χ4v) is 3.55. The van der Waals surface area contributed by atoms with Gasteiger partial charge in [-0.15, -0.1) is 0 Å². The van der Waals surface area contributed by atoms with Crippen LogP contribution in [0.15, 0.2) is 54.6 Å². The molecule has 1 unspecified atom stereocenters. The van der Waals surface area contributed by atoms with Crippen LogP contribution in [0, 0.1) is 5.92 Å². The number of fused-ring (bicyclic) bond motifs is 1. The van der Waals surface area contributed by atoms with Gasteiger partial charge in [-0.05, 0) is 24.0 Å². The van der Waals surface area contributed by atoms with Crippen molar-refractivity contribution in [3.63, 3.8) is 0 Å². The number of amides is 1. The number of nitrogens with zero attached hydrogens (tertiary/aromatic N) is 1. The fraction of sp³-hybridized carbons (Fsp3) is 0.350. The standard InChI is InChI=1S/C20H22N2O2/c23-20(19-17-8-4-5-9-18(17)24-11-10-21-19)22-13-16(14-22)12-15-6-2-1-3-7-15/h1-9,16,19,21H,10-14H2. The highest BCUT2D eigenvalue weighted by Gasteiger charge is 2.36. The number of carbonyl (C=O) groups excluding carboxylic acids is 1. The molecule has 0 bridgehead atoms. The van der Waals surface area contributed by atoms with E-state index in [1.54, 1.807) is 0 Å². The minimum Gasteiger partial charge on any atom is -0.492 e. The first-order valence-electron chi connectivity index (χ1n) is 8.59. The van der Waals surface area contributed by atoms with Crippen molar-refractivity contribution in [3.8, 4) is 5.75 Å². The first kappa shape index (κ1) is 15.2. The third-order valence-electron chi connectivity index (χ3n) is 4.82. The molecule has 124 valence electrons. The average Bonchev–Trinajstić information content (AvgIpc) is 2.80. The van der Waals surface area contributed by atoms with Crippen LogP contribution < -0.4 is 10.1 Å². The molecule has 0 saturated carbocycles. The molecule has 1 atom stereocenters. The summed E-state index contributed by atoms with van der Waals surface area (Å²) in [6.45, 7) is 2.97. The number of likely N-dealkylation sites (tertiary alicyclic amines) is 1. The largest absolute Gasteiger partial charge is 0.492 e. The Kier molecular flexibility index (Phi) is 4.22. The van der Waals surface area contributed by atoms with Gasteiger partial charge in [-0.25, -0.2) is 0 Å². The Balaban J connectivity index is 1.41. The Labute approximate surface area is 142 Å². The molecular weight excluding hydrogens is 300 g/mol. The van der Waals surface area contributed by atoms with Gasteiger partial charge in [0.25, 0.3) is 0 Å². The molecule has 4 nitrogen and oxygen atoms in total. The molecule has 4 heteroatoms. The molecule has 2 aromatic carbocycles. The Morgan fingerprint density at radius 2 is 1.83 bits per heavy atom. The zero-order valence-corrected chi connectivity index (χ0v) is 13.7. The second-order valence-corrected chi connectivity index (χ2v) is 6.57. The average molecular weight is 322 g/mol. The second kappa shape index (κ2) is 6.65. The Hall–Kier alpha value is -2.33. The molecule has 2 aliphatic heterocycles. The SMILES string of the molecule is O=C(C1NCCOc2ccccc21)N1CC(Cc2ccccc2)C1. The number of benzene rings is 2. The maximum absolute atomic E-state index is 12.9. The highest BCUT2D eigenvalue weighted by Crippen LogP contribution is 2.30. The predicted molar refractivity (Wildman–Crippen MR) is 92.9 cm³/mol. The van der Waals surface area contributed by atoms with Crippen molar-refractivity contribution in [1.82, 2.24) is 10.2 Å².